The molecule has 1 rings (SSSR count). The normalized spacial score (nSPS) is 13.1. The Labute approximate surface area is 112 Å². The molecule has 0 spiro atoms. The summed E-state index contributed by atoms with van der Waals surface area (Å²) in [5.41, 5.74) is -0.836. The molecule has 2 nitrogen and oxygen atoms in total. The van der Waals surface area contributed by atoms with E-state index in [2.05, 4.69) is 4.98 Å². The lowest BCUT2D eigenvalue weighted by atomic mass is 10.2. The van der Waals surface area contributed by atoms with Crippen LogP contribution in [0, 0.1) is 17.2 Å². The highest BCUT2D eigenvalue weighted by Gasteiger charge is 2.33. The number of halogens is 4. The lowest BCUT2D eigenvalue weighted by Crippen LogP contribution is -2.09. The van der Waals surface area contributed by atoms with Crippen LogP contribution in [0.15, 0.2) is 17.2 Å². The molecule has 98 valence electrons. The first kappa shape index (κ1) is 15.1. The number of nitrogens with zero attached hydrogens (tertiary/aromatic N) is 2. The summed E-state index contributed by atoms with van der Waals surface area (Å²) in [5, 5.41) is 8.93. The lowest BCUT2D eigenvalue weighted by molar-refractivity contribution is -0.141. The molecule has 1 atom stereocenters. The van der Waals surface area contributed by atoms with Crippen molar-refractivity contribution in [2.24, 2.45) is 5.92 Å². The van der Waals surface area contributed by atoms with Crippen molar-refractivity contribution in [3.63, 3.8) is 0 Å². The van der Waals surface area contributed by atoms with Crippen LogP contribution in [0.25, 0.3) is 0 Å². The quantitative estimate of drug-likeness (QED) is 0.623. The number of aromatic nitrogens is 1. The van der Waals surface area contributed by atoms with Crippen LogP contribution < -0.4 is 0 Å². The maximum atomic E-state index is 12.5. The molecular formula is C11H10ClF3N2S. The monoisotopic (exact) mass is 294 g/mol. The maximum absolute atomic E-state index is 12.5. The van der Waals surface area contributed by atoms with Gasteiger partial charge in [0, 0.05) is 11.6 Å². The third kappa shape index (κ3) is 4.07. The summed E-state index contributed by atoms with van der Waals surface area (Å²) in [4.78, 5) is 3.49. The Morgan fingerprint density at radius 1 is 1.50 bits per heavy atom. The van der Waals surface area contributed by atoms with Gasteiger partial charge in [-0.05, 0) is 18.1 Å². The molecule has 1 aromatic rings. The van der Waals surface area contributed by atoms with Crippen LogP contribution in [-0.4, -0.2) is 16.6 Å². The summed E-state index contributed by atoms with van der Waals surface area (Å²) in [6.45, 7) is 1.87. The van der Waals surface area contributed by atoms with Crippen molar-refractivity contribution in [1.29, 1.82) is 5.26 Å². The van der Waals surface area contributed by atoms with E-state index < -0.39 is 11.9 Å². The van der Waals surface area contributed by atoms with Crippen molar-refractivity contribution in [2.45, 2.75) is 18.1 Å². The molecule has 18 heavy (non-hydrogen) atoms. The molecular weight excluding hydrogens is 285 g/mol. The molecule has 0 aromatic carbocycles. The molecule has 1 heterocycles. The Morgan fingerprint density at radius 2 is 2.17 bits per heavy atom. The van der Waals surface area contributed by atoms with Crippen molar-refractivity contribution in [3.8, 4) is 6.07 Å². The van der Waals surface area contributed by atoms with Crippen molar-refractivity contribution in [3.05, 3.63) is 23.4 Å². The fraction of sp³-hybridized carbons (Fsp3) is 0.455. The highest BCUT2D eigenvalue weighted by atomic mass is 35.5. The first-order valence-corrected chi connectivity index (χ1v) is 6.57. The predicted octanol–water partition coefficient (Wildman–Crippen LogP) is 3.94. The van der Waals surface area contributed by atoms with Crippen molar-refractivity contribution in [2.75, 3.05) is 11.6 Å². The molecule has 1 aromatic heterocycles. The Hall–Kier alpha value is -0.930. The van der Waals surface area contributed by atoms with Crippen LogP contribution >= 0.6 is 23.4 Å². The molecule has 0 aliphatic rings. The highest BCUT2D eigenvalue weighted by molar-refractivity contribution is 7.99. The standard InChI is InChI=1S/C11H10ClF3N2S/c1-7(4-12)6-18-10-8(5-16)2-3-9(17-10)11(13,14)15/h2-3,7H,4,6H2,1H3. The molecule has 0 fully saturated rings. The number of pyridine rings is 1. The van der Waals surface area contributed by atoms with E-state index in [1.807, 2.05) is 13.0 Å². The molecule has 0 bridgehead atoms. The van der Waals surface area contributed by atoms with E-state index in [0.717, 1.165) is 23.9 Å². The second-order valence-electron chi connectivity index (χ2n) is 3.73. The van der Waals surface area contributed by atoms with E-state index in [0.29, 0.717) is 11.6 Å². The number of rotatable bonds is 4. The van der Waals surface area contributed by atoms with Crippen molar-refractivity contribution in [1.82, 2.24) is 4.98 Å². The van der Waals surface area contributed by atoms with E-state index in [1.54, 1.807) is 0 Å². The molecule has 0 radical (unpaired) electrons. The van der Waals surface area contributed by atoms with Crippen LogP contribution in [0.2, 0.25) is 0 Å². The molecule has 1 unspecified atom stereocenters. The van der Waals surface area contributed by atoms with Crippen molar-refractivity contribution < 1.29 is 13.2 Å². The molecule has 0 saturated heterocycles. The van der Waals surface area contributed by atoms with Crippen LogP contribution in [0.1, 0.15) is 18.2 Å². The second kappa shape index (κ2) is 6.30. The van der Waals surface area contributed by atoms with Gasteiger partial charge in [0.25, 0.3) is 0 Å². The van der Waals surface area contributed by atoms with Crippen LogP contribution in [0.3, 0.4) is 0 Å². The van der Waals surface area contributed by atoms with Crippen LogP contribution in [0.5, 0.6) is 0 Å². The third-order valence-electron chi connectivity index (χ3n) is 2.04. The van der Waals surface area contributed by atoms with Crippen LogP contribution in [-0.2, 0) is 6.18 Å². The molecule has 0 aliphatic heterocycles. The van der Waals surface area contributed by atoms with E-state index in [9.17, 15) is 13.2 Å². The summed E-state index contributed by atoms with van der Waals surface area (Å²) in [5.74, 6) is 1.07. The zero-order valence-corrected chi connectivity index (χ0v) is 11.0. The minimum Gasteiger partial charge on any atom is -0.236 e. The van der Waals surface area contributed by atoms with E-state index in [4.69, 9.17) is 16.9 Å². The molecule has 0 saturated carbocycles. The Balaban J connectivity index is 2.97. The highest BCUT2D eigenvalue weighted by Crippen LogP contribution is 2.31. The van der Waals surface area contributed by atoms with Gasteiger partial charge >= 0.3 is 6.18 Å². The Morgan fingerprint density at radius 3 is 2.67 bits per heavy atom. The number of alkyl halides is 4. The first-order chi connectivity index (χ1) is 8.38. The fourth-order valence-corrected chi connectivity index (χ4v) is 2.29. The average Bonchev–Trinajstić information content (AvgIpc) is 2.34. The summed E-state index contributed by atoms with van der Waals surface area (Å²) in [6, 6.07) is 3.79. The van der Waals surface area contributed by atoms with Gasteiger partial charge < -0.3 is 0 Å². The number of thioether (sulfide) groups is 1. The van der Waals surface area contributed by atoms with Gasteiger partial charge in [0.05, 0.1) is 5.56 Å². The SMILES string of the molecule is CC(CCl)CSc1nc(C(F)(F)F)ccc1C#N. The van der Waals surface area contributed by atoms with Gasteiger partial charge in [-0.1, -0.05) is 6.92 Å². The number of hydrogen-bond donors (Lipinski definition) is 0. The smallest absolute Gasteiger partial charge is 0.236 e. The average molecular weight is 295 g/mol. The third-order valence-corrected chi connectivity index (χ3v) is 3.89. The van der Waals surface area contributed by atoms with Gasteiger partial charge in [-0.25, -0.2) is 4.98 Å². The zero-order chi connectivity index (χ0) is 13.8. The Kier molecular flexibility index (Phi) is 5.29. The minimum absolute atomic E-state index is 0.101. The van der Waals surface area contributed by atoms with Gasteiger partial charge in [-0.3, -0.25) is 0 Å². The van der Waals surface area contributed by atoms with Crippen molar-refractivity contribution >= 4 is 23.4 Å². The second-order valence-corrected chi connectivity index (χ2v) is 5.05. The number of nitriles is 1. The van der Waals surface area contributed by atoms with Crippen LogP contribution in [0.4, 0.5) is 13.2 Å². The van der Waals surface area contributed by atoms with E-state index in [1.165, 1.54) is 0 Å². The summed E-state index contributed by atoms with van der Waals surface area (Å²) < 4.78 is 37.5. The number of hydrogen-bond acceptors (Lipinski definition) is 3. The Bertz CT molecular complexity index is 457. The van der Waals surface area contributed by atoms with Gasteiger partial charge in [0.1, 0.15) is 16.8 Å². The van der Waals surface area contributed by atoms with E-state index in [-0.39, 0.29) is 16.5 Å². The minimum atomic E-state index is -4.50. The predicted molar refractivity (Wildman–Crippen MR) is 64.6 cm³/mol. The van der Waals surface area contributed by atoms with Gasteiger partial charge in [-0.2, -0.15) is 18.4 Å². The molecule has 7 heteroatoms. The largest absolute Gasteiger partial charge is 0.433 e. The zero-order valence-electron chi connectivity index (χ0n) is 9.46. The topological polar surface area (TPSA) is 36.7 Å². The summed E-state index contributed by atoms with van der Waals surface area (Å²) in [7, 11) is 0. The van der Waals surface area contributed by atoms with E-state index >= 15 is 0 Å². The van der Waals surface area contributed by atoms with Gasteiger partial charge in [0.15, 0.2) is 0 Å². The van der Waals surface area contributed by atoms with Gasteiger partial charge in [0.2, 0.25) is 0 Å². The summed E-state index contributed by atoms with van der Waals surface area (Å²) in [6.07, 6.45) is -4.50. The maximum Gasteiger partial charge on any atom is 0.433 e. The lowest BCUT2D eigenvalue weighted by Gasteiger charge is -2.10. The fourth-order valence-electron chi connectivity index (χ4n) is 1.06. The molecule has 0 aliphatic carbocycles. The first-order valence-electron chi connectivity index (χ1n) is 5.05. The summed E-state index contributed by atoms with van der Waals surface area (Å²) >= 11 is 6.73. The van der Waals surface area contributed by atoms with Gasteiger partial charge in [-0.15, -0.1) is 23.4 Å². The molecule has 0 amide bonds. The molecule has 0 N–H and O–H groups in total.